The maximum absolute atomic E-state index is 12.2. The van der Waals surface area contributed by atoms with Crippen LogP contribution in [0.25, 0.3) is 0 Å². The summed E-state index contributed by atoms with van der Waals surface area (Å²) in [5.41, 5.74) is 4.83. The minimum absolute atomic E-state index is 0.0245. The van der Waals surface area contributed by atoms with Gasteiger partial charge in [0.05, 0.1) is 12.8 Å². The zero-order chi connectivity index (χ0) is 22.1. The topological polar surface area (TPSA) is 67.4 Å². The van der Waals surface area contributed by atoms with Crippen molar-refractivity contribution in [1.82, 2.24) is 0 Å². The van der Waals surface area contributed by atoms with E-state index >= 15 is 0 Å². The zero-order valence-corrected chi connectivity index (χ0v) is 19.5. The molecule has 2 aromatic rings. The quantitative estimate of drug-likeness (QED) is 0.454. The predicted molar refractivity (Wildman–Crippen MR) is 127 cm³/mol. The maximum atomic E-state index is 12.2. The number of amides is 2. The van der Waals surface area contributed by atoms with Crippen LogP contribution in [0.15, 0.2) is 30.3 Å². The van der Waals surface area contributed by atoms with E-state index in [2.05, 4.69) is 29.7 Å². The minimum atomic E-state index is -0.0915. The molecule has 0 aliphatic carbocycles. The Morgan fingerprint density at radius 1 is 0.967 bits per heavy atom. The van der Waals surface area contributed by atoms with Crippen molar-refractivity contribution in [3.05, 3.63) is 52.0 Å². The highest BCUT2D eigenvalue weighted by Crippen LogP contribution is 2.28. The van der Waals surface area contributed by atoms with Crippen molar-refractivity contribution >= 4 is 46.6 Å². The highest BCUT2D eigenvalue weighted by Gasteiger charge is 2.10. The molecule has 162 valence electrons. The van der Waals surface area contributed by atoms with E-state index in [4.69, 9.17) is 16.3 Å². The molecule has 0 radical (unpaired) electrons. The molecule has 0 unspecified atom stereocenters. The minimum Gasteiger partial charge on any atom is -0.495 e. The Morgan fingerprint density at radius 3 is 2.30 bits per heavy atom. The van der Waals surface area contributed by atoms with E-state index in [-0.39, 0.29) is 11.8 Å². The molecule has 2 amide bonds. The lowest BCUT2D eigenvalue weighted by molar-refractivity contribution is -0.116. The van der Waals surface area contributed by atoms with Crippen molar-refractivity contribution in [2.75, 3.05) is 29.2 Å². The smallest absolute Gasteiger partial charge is 0.225 e. The molecule has 0 aliphatic heterocycles. The van der Waals surface area contributed by atoms with E-state index in [0.29, 0.717) is 35.1 Å². The Hall–Kier alpha value is -2.18. The van der Waals surface area contributed by atoms with Gasteiger partial charge in [0.1, 0.15) is 5.75 Å². The van der Waals surface area contributed by atoms with Crippen LogP contribution in [-0.2, 0) is 9.59 Å². The molecule has 0 bridgehead atoms. The van der Waals surface area contributed by atoms with Gasteiger partial charge in [-0.15, -0.1) is 0 Å². The van der Waals surface area contributed by atoms with Crippen LogP contribution in [0, 0.1) is 20.8 Å². The van der Waals surface area contributed by atoms with Crippen LogP contribution in [0.3, 0.4) is 0 Å². The summed E-state index contributed by atoms with van der Waals surface area (Å²) in [5.74, 6) is 2.02. The van der Waals surface area contributed by atoms with Gasteiger partial charge in [-0.3, -0.25) is 9.59 Å². The van der Waals surface area contributed by atoms with Crippen LogP contribution in [0.5, 0.6) is 5.75 Å². The summed E-state index contributed by atoms with van der Waals surface area (Å²) in [6, 6.07) is 9.24. The number of methoxy groups -OCH3 is 1. The average molecular weight is 449 g/mol. The van der Waals surface area contributed by atoms with Crippen LogP contribution < -0.4 is 15.4 Å². The Bertz CT molecular complexity index is 879. The molecule has 2 rings (SSSR count). The van der Waals surface area contributed by atoms with Crippen molar-refractivity contribution in [2.24, 2.45) is 0 Å². The third kappa shape index (κ3) is 7.58. The van der Waals surface area contributed by atoms with Crippen LogP contribution >= 0.6 is 23.4 Å². The number of hydrogen-bond acceptors (Lipinski definition) is 4. The Morgan fingerprint density at radius 2 is 1.63 bits per heavy atom. The monoisotopic (exact) mass is 448 g/mol. The number of nitrogens with one attached hydrogen (secondary N) is 2. The normalized spacial score (nSPS) is 10.6. The van der Waals surface area contributed by atoms with Crippen LogP contribution in [0.1, 0.15) is 36.0 Å². The number of rotatable bonds is 10. The van der Waals surface area contributed by atoms with Gasteiger partial charge in [-0.25, -0.2) is 0 Å². The first-order valence-corrected chi connectivity index (χ1v) is 11.4. The van der Waals surface area contributed by atoms with Gasteiger partial charge < -0.3 is 15.4 Å². The standard InChI is InChI=1S/C23H29ClN2O3S/c1-15-12-16(2)23(17(3)13-15)26-21(27)6-5-10-30-11-9-22(28)25-19-14-18(24)7-8-20(19)29-4/h7-8,12-14H,5-6,9-11H2,1-4H3,(H,25,28)(H,26,27). The molecule has 0 heterocycles. The van der Waals surface area contributed by atoms with Gasteiger partial charge in [0.2, 0.25) is 11.8 Å². The second kappa shape index (κ2) is 11.9. The lowest BCUT2D eigenvalue weighted by Crippen LogP contribution is -2.14. The fourth-order valence-corrected chi connectivity index (χ4v) is 4.23. The predicted octanol–water partition coefficient (Wildman–Crippen LogP) is 5.75. The van der Waals surface area contributed by atoms with Crippen LogP contribution in [-0.4, -0.2) is 30.4 Å². The van der Waals surface area contributed by atoms with E-state index in [0.717, 1.165) is 29.0 Å². The molecule has 2 N–H and O–H groups in total. The number of carbonyl (C=O) groups excluding carboxylic acids is 2. The van der Waals surface area contributed by atoms with Gasteiger partial charge in [0.15, 0.2) is 0 Å². The maximum Gasteiger partial charge on any atom is 0.225 e. The molecule has 0 spiro atoms. The number of carbonyl (C=O) groups is 2. The fourth-order valence-electron chi connectivity index (χ4n) is 3.17. The molecular weight excluding hydrogens is 420 g/mol. The van der Waals surface area contributed by atoms with Gasteiger partial charge in [0, 0.05) is 29.3 Å². The molecule has 7 heteroatoms. The largest absolute Gasteiger partial charge is 0.495 e. The number of halogens is 1. The van der Waals surface area contributed by atoms with Crippen molar-refractivity contribution in [3.63, 3.8) is 0 Å². The lowest BCUT2D eigenvalue weighted by atomic mass is 10.0. The summed E-state index contributed by atoms with van der Waals surface area (Å²) < 4.78 is 5.23. The number of ether oxygens (including phenoxy) is 1. The second-order valence-corrected chi connectivity index (χ2v) is 8.84. The van der Waals surface area contributed by atoms with Gasteiger partial charge in [-0.2, -0.15) is 11.8 Å². The average Bonchev–Trinajstić information content (AvgIpc) is 2.67. The first-order valence-electron chi connectivity index (χ1n) is 9.89. The Kier molecular flexibility index (Phi) is 9.53. The lowest BCUT2D eigenvalue weighted by Gasteiger charge is -2.13. The van der Waals surface area contributed by atoms with E-state index in [1.54, 1.807) is 37.1 Å². The number of aryl methyl sites for hydroxylation is 3. The third-order valence-electron chi connectivity index (χ3n) is 4.54. The molecule has 0 fully saturated rings. The number of benzene rings is 2. The van der Waals surface area contributed by atoms with Crippen LogP contribution in [0.4, 0.5) is 11.4 Å². The number of thioether (sulfide) groups is 1. The van der Waals surface area contributed by atoms with Crippen molar-refractivity contribution < 1.29 is 14.3 Å². The molecule has 2 aromatic carbocycles. The van der Waals surface area contributed by atoms with Crippen molar-refractivity contribution in [1.29, 1.82) is 0 Å². The zero-order valence-electron chi connectivity index (χ0n) is 17.9. The van der Waals surface area contributed by atoms with E-state index in [1.807, 2.05) is 13.8 Å². The second-order valence-electron chi connectivity index (χ2n) is 7.18. The Balaban J connectivity index is 1.66. The first-order chi connectivity index (χ1) is 14.3. The van der Waals surface area contributed by atoms with Crippen LogP contribution in [0.2, 0.25) is 5.02 Å². The third-order valence-corrected chi connectivity index (χ3v) is 5.85. The van der Waals surface area contributed by atoms with Gasteiger partial charge in [0.25, 0.3) is 0 Å². The molecule has 30 heavy (non-hydrogen) atoms. The molecule has 0 atom stereocenters. The summed E-state index contributed by atoms with van der Waals surface area (Å²) in [6.45, 7) is 6.07. The summed E-state index contributed by atoms with van der Waals surface area (Å²) in [7, 11) is 1.55. The summed E-state index contributed by atoms with van der Waals surface area (Å²) >= 11 is 7.64. The number of anilines is 2. The SMILES string of the molecule is COc1ccc(Cl)cc1NC(=O)CCSCCCC(=O)Nc1c(C)cc(C)cc1C. The highest BCUT2D eigenvalue weighted by atomic mass is 35.5. The van der Waals surface area contributed by atoms with E-state index in [1.165, 1.54) is 5.56 Å². The summed E-state index contributed by atoms with van der Waals surface area (Å²) in [6.07, 6.45) is 1.62. The van der Waals surface area contributed by atoms with Crippen molar-refractivity contribution in [3.8, 4) is 5.75 Å². The molecule has 0 aromatic heterocycles. The molecule has 0 aliphatic rings. The number of hydrogen-bond donors (Lipinski definition) is 2. The van der Waals surface area contributed by atoms with E-state index < -0.39 is 0 Å². The first kappa shape index (κ1) is 24.1. The highest BCUT2D eigenvalue weighted by molar-refractivity contribution is 7.99. The molecule has 0 saturated heterocycles. The van der Waals surface area contributed by atoms with Gasteiger partial charge in [-0.05, 0) is 62.3 Å². The molecular formula is C23H29ClN2O3S. The van der Waals surface area contributed by atoms with Crippen molar-refractivity contribution in [2.45, 2.75) is 40.0 Å². The fraction of sp³-hybridized carbons (Fsp3) is 0.391. The summed E-state index contributed by atoms with van der Waals surface area (Å²) in [4.78, 5) is 24.4. The molecule has 5 nitrogen and oxygen atoms in total. The van der Waals surface area contributed by atoms with Gasteiger partial charge in [-0.1, -0.05) is 29.3 Å². The van der Waals surface area contributed by atoms with Gasteiger partial charge >= 0.3 is 0 Å². The molecule has 0 saturated carbocycles. The van der Waals surface area contributed by atoms with E-state index in [9.17, 15) is 9.59 Å². The Labute approximate surface area is 187 Å². The summed E-state index contributed by atoms with van der Waals surface area (Å²) in [5, 5.41) is 6.39.